The van der Waals surface area contributed by atoms with E-state index in [4.69, 9.17) is 16.3 Å². The zero-order valence-electron chi connectivity index (χ0n) is 11.3. The van der Waals surface area contributed by atoms with Gasteiger partial charge in [0.15, 0.2) is 0 Å². The zero-order valence-corrected chi connectivity index (χ0v) is 12.1. The van der Waals surface area contributed by atoms with E-state index < -0.39 is 0 Å². The third-order valence-corrected chi connectivity index (χ3v) is 3.47. The average Bonchev–Trinajstić information content (AvgIpc) is 2.39. The maximum absolute atomic E-state index is 11.9. The molecule has 0 N–H and O–H groups in total. The molecule has 0 atom stereocenters. The molecule has 0 radical (unpaired) electrons. The summed E-state index contributed by atoms with van der Waals surface area (Å²) in [6.07, 6.45) is 3.43. The van der Waals surface area contributed by atoms with Crippen LogP contribution >= 0.6 is 11.6 Å². The van der Waals surface area contributed by atoms with Gasteiger partial charge >= 0.3 is 0 Å². The van der Waals surface area contributed by atoms with Crippen LogP contribution in [0.2, 0.25) is 5.02 Å². The molecule has 104 valence electrons. The molecule has 0 spiro atoms. The van der Waals surface area contributed by atoms with Gasteiger partial charge in [0, 0.05) is 49.1 Å². The Hall–Kier alpha value is -1.29. The van der Waals surface area contributed by atoms with Crippen LogP contribution in [0.3, 0.4) is 0 Å². The molecule has 0 aromatic carbocycles. The fraction of sp³-hybridized carbons (Fsp3) is 0.571. The van der Waals surface area contributed by atoms with E-state index in [9.17, 15) is 4.79 Å². The number of hydrogen-bond donors (Lipinski definition) is 0. The number of carbonyl (C=O) groups excluding carboxylic acids is 1. The lowest BCUT2D eigenvalue weighted by Gasteiger charge is -2.32. The van der Waals surface area contributed by atoms with Crippen LogP contribution in [0.5, 0.6) is 5.88 Å². The van der Waals surface area contributed by atoms with Gasteiger partial charge in [0.1, 0.15) is 6.10 Å². The Labute approximate surface area is 118 Å². The molecule has 4 nitrogen and oxygen atoms in total. The highest BCUT2D eigenvalue weighted by atomic mass is 35.5. The zero-order chi connectivity index (χ0) is 13.8. The lowest BCUT2D eigenvalue weighted by atomic mass is 10.1. The lowest BCUT2D eigenvalue weighted by molar-refractivity contribution is -0.136. The van der Waals surface area contributed by atoms with Gasteiger partial charge in [0.05, 0.1) is 0 Å². The van der Waals surface area contributed by atoms with E-state index in [0.29, 0.717) is 10.9 Å². The van der Waals surface area contributed by atoms with Crippen LogP contribution < -0.4 is 4.74 Å². The second kappa shape index (κ2) is 6.24. The number of ether oxygens (including phenoxy) is 1. The van der Waals surface area contributed by atoms with Crippen LogP contribution in [-0.2, 0) is 4.79 Å². The van der Waals surface area contributed by atoms with Crippen molar-refractivity contribution in [2.45, 2.75) is 32.8 Å². The Morgan fingerprint density at radius 3 is 2.74 bits per heavy atom. The van der Waals surface area contributed by atoms with E-state index in [-0.39, 0.29) is 17.9 Å². The van der Waals surface area contributed by atoms with Crippen molar-refractivity contribution in [2.75, 3.05) is 13.1 Å². The largest absolute Gasteiger partial charge is 0.474 e. The second-order valence-corrected chi connectivity index (χ2v) is 5.55. The standard InChI is InChI=1S/C14H19ClN2O2/c1-10(2)14(18)17-7-4-12(5-8-17)19-13-9-11(15)3-6-16-13/h3,6,9-10,12H,4-5,7-8H2,1-2H3. The molecule has 19 heavy (non-hydrogen) atoms. The van der Waals surface area contributed by atoms with Gasteiger partial charge in [-0.3, -0.25) is 4.79 Å². The van der Waals surface area contributed by atoms with E-state index in [1.54, 1.807) is 18.3 Å². The fourth-order valence-corrected chi connectivity index (χ4v) is 2.33. The molecule has 0 unspecified atom stereocenters. The van der Waals surface area contributed by atoms with Crippen LogP contribution in [0.4, 0.5) is 0 Å². The number of carbonyl (C=O) groups is 1. The first kappa shape index (κ1) is 14.1. The van der Waals surface area contributed by atoms with Crippen LogP contribution in [0.25, 0.3) is 0 Å². The summed E-state index contributed by atoms with van der Waals surface area (Å²) < 4.78 is 5.79. The van der Waals surface area contributed by atoms with Crippen molar-refractivity contribution < 1.29 is 9.53 Å². The summed E-state index contributed by atoms with van der Waals surface area (Å²) in [5, 5.41) is 0.623. The van der Waals surface area contributed by atoms with Gasteiger partial charge in [-0.25, -0.2) is 4.98 Å². The number of hydrogen-bond acceptors (Lipinski definition) is 3. The number of halogens is 1. The normalized spacial score (nSPS) is 16.7. The van der Waals surface area contributed by atoms with Crippen molar-refractivity contribution in [3.63, 3.8) is 0 Å². The monoisotopic (exact) mass is 282 g/mol. The van der Waals surface area contributed by atoms with Crippen LogP contribution in [-0.4, -0.2) is 35.0 Å². The smallest absolute Gasteiger partial charge is 0.225 e. The van der Waals surface area contributed by atoms with E-state index in [1.165, 1.54) is 0 Å². The molecule has 1 aliphatic rings. The number of nitrogens with zero attached hydrogens (tertiary/aromatic N) is 2. The van der Waals surface area contributed by atoms with E-state index in [0.717, 1.165) is 25.9 Å². The Morgan fingerprint density at radius 2 is 2.16 bits per heavy atom. The van der Waals surface area contributed by atoms with Gasteiger partial charge in [0.2, 0.25) is 11.8 Å². The van der Waals surface area contributed by atoms with Crippen molar-refractivity contribution in [3.8, 4) is 5.88 Å². The molecular weight excluding hydrogens is 264 g/mol. The van der Waals surface area contributed by atoms with E-state index in [1.807, 2.05) is 18.7 Å². The van der Waals surface area contributed by atoms with Crippen molar-refractivity contribution >= 4 is 17.5 Å². The fourth-order valence-electron chi connectivity index (χ4n) is 2.18. The van der Waals surface area contributed by atoms with Crippen LogP contribution in [0.1, 0.15) is 26.7 Å². The molecule has 1 saturated heterocycles. The highest BCUT2D eigenvalue weighted by molar-refractivity contribution is 6.30. The molecule has 2 heterocycles. The Morgan fingerprint density at radius 1 is 1.47 bits per heavy atom. The van der Waals surface area contributed by atoms with E-state index in [2.05, 4.69) is 4.98 Å². The maximum atomic E-state index is 11.9. The first-order valence-corrected chi connectivity index (χ1v) is 7.01. The number of pyridine rings is 1. The summed E-state index contributed by atoms with van der Waals surface area (Å²) in [6.45, 7) is 5.37. The molecule has 0 bridgehead atoms. The van der Waals surface area contributed by atoms with Gasteiger partial charge in [-0.15, -0.1) is 0 Å². The number of amides is 1. The molecule has 1 fully saturated rings. The SMILES string of the molecule is CC(C)C(=O)N1CCC(Oc2cc(Cl)ccn2)CC1. The third-order valence-electron chi connectivity index (χ3n) is 3.23. The number of aromatic nitrogens is 1. The van der Waals surface area contributed by atoms with Gasteiger partial charge in [0.25, 0.3) is 0 Å². The highest BCUT2D eigenvalue weighted by Crippen LogP contribution is 2.20. The minimum absolute atomic E-state index is 0.0621. The van der Waals surface area contributed by atoms with Crippen molar-refractivity contribution in [3.05, 3.63) is 23.4 Å². The molecule has 1 aliphatic heterocycles. The molecule has 0 saturated carbocycles. The minimum Gasteiger partial charge on any atom is -0.474 e. The number of piperidine rings is 1. The summed E-state index contributed by atoms with van der Waals surface area (Å²) in [7, 11) is 0. The van der Waals surface area contributed by atoms with Gasteiger partial charge in [-0.1, -0.05) is 25.4 Å². The topological polar surface area (TPSA) is 42.4 Å². The minimum atomic E-state index is 0.0621. The third kappa shape index (κ3) is 3.83. The Kier molecular flexibility index (Phi) is 4.64. The van der Waals surface area contributed by atoms with Crippen molar-refractivity contribution in [1.82, 2.24) is 9.88 Å². The van der Waals surface area contributed by atoms with Crippen molar-refractivity contribution in [2.24, 2.45) is 5.92 Å². The molecule has 2 rings (SSSR count). The highest BCUT2D eigenvalue weighted by Gasteiger charge is 2.25. The van der Waals surface area contributed by atoms with E-state index >= 15 is 0 Å². The summed E-state index contributed by atoms with van der Waals surface area (Å²) >= 11 is 5.89. The summed E-state index contributed by atoms with van der Waals surface area (Å²) in [5.74, 6) is 0.840. The molecule has 1 aromatic heterocycles. The predicted octanol–water partition coefficient (Wildman–Crippen LogP) is 2.76. The first-order chi connectivity index (χ1) is 9.06. The molecule has 1 aromatic rings. The Bertz CT molecular complexity index is 443. The summed E-state index contributed by atoms with van der Waals surface area (Å²) in [4.78, 5) is 17.9. The predicted molar refractivity (Wildman–Crippen MR) is 74.3 cm³/mol. The molecule has 5 heteroatoms. The lowest BCUT2D eigenvalue weighted by Crippen LogP contribution is -2.43. The van der Waals surface area contributed by atoms with Gasteiger partial charge in [-0.05, 0) is 6.07 Å². The Balaban J connectivity index is 1.85. The average molecular weight is 283 g/mol. The molecule has 1 amide bonds. The summed E-state index contributed by atoms with van der Waals surface area (Å²) in [6, 6.07) is 3.44. The quantitative estimate of drug-likeness (QED) is 0.856. The molecular formula is C14H19ClN2O2. The van der Waals surface area contributed by atoms with Gasteiger partial charge in [-0.2, -0.15) is 0 Å². The summed E-state index contributed by atoms with van der Waals surface area (Å²) in [5.41, 5.74) is 0. The number of rotatable bonds is 3. The van der Waals surface area contributed by atoms with Crippen LogP contribution in [0.15, 0.2) is 18.3 Å². The maximum Gasteiger partial charge on any atom is 0.225 e. The second-order valence-electron chi connectivity index (χ2n) is 5.11. The van der Waals surface area contributed by atoms with Crippen molar-refractivity contribution in [1.29, 1.82) is 0 Å². The number of likely N-dealkylation sites (tertiary alicyclic amines) is 1. The first-order valence-electron chi connectivity index (χ1n) is 6.63. The van der Waals surface area contributed by atoms with Crippen LogP contribution in [0, 0.1) is 5.92 Å². The van der Waals surface area contributed by atoms with Gasteiger partial charge < -0.3 is 9.64 Å². The molecule has 0 aliphatic carbocycles.